The van der Waals surface area contributed by atoms with E-state index in [9.17, 15) is 13.2 Å². The SMILES string of the molecule is Cc1c(C(C)NCc2cn[nH]c2-c2cccc(F)c2)cnn1-c1ccc(F)cc1F. The van der Waals surface area contributed by atoms with Gasteiger partial charge >= 0.3 is 0 Å². The minimum absolute atomic E-state index is 0.0995. The summed E-state index contributed by atoms with van der Waals surface area (Å²) in [5.41, 5.74) is 4.17. The van der Waals surface area contributed by atoms with Gasteiger partial charge in [-0.05, 0) is 38.1 Å². The van der Waals surface area contributed by atoms with Crippen LogP contribution in [-0.4, -0.2) is 20.0 Å². The molecule has 154 valence electrons. The Hall–Kier alpha value is -3.39. The molecule has 2 aromatic carbocycles. The van der Waals surface area contributed by atoms with Crippen molar-refractivity contribution in [1.82, 2.24) is 25.3 Å². The molecule has 8 heteroatoms. The molecule has 0 saturated heterocycles. The number of hydrogen-bond donors (Lipinski definition) is 2. The van der Waals surface area contributed by atoms with Gasteiger partial charge in [-0.3, -0.25) is 5.10 Å². The largest absolute Gasteiger partial charge is 0.306 e. The molecule has 4 aromatic rings. The lowest BCUT2D eigenvalue weighted by atomic mass is 10.1. The zero-order valence-corrected chi connectivity index (χ0v) is 16.5. The fraction of sp³-hybridized carbons (Fsp3) is 0.182. The van der Waals surface area contributed by atoms with Gasteiger partial charge in [-0.1, -0.05) is 12.1 Å². The molecule has 4 rings (SSSR count). The van der Waals surface area contributed by atoms with Crippen molar-refractivity contribution in [3.8, 4) is 16.9 Å². The Kier molecular flexibility index (Phi) is 5.41. The second kappa shape index (κ2) is 8.16. The average Bonchev–Trinajstić information content (AvgIpc) is 3.33. The number of rotatable bonds is 6. The number of benzene rings is 2. The van der Waals surface area contributed by atoms with Gasteiger partial charge in [0.25, 0.3) is 0 Å². The van der Waals surface area contributed by atoms with Crippen LogP contribution in [0.1, 0.15) is 29.8 Å². The molecule has 0 bridgehead atoms. The molecular formula is C22H20F3N5. The minimum Gasteiger partial charge on any atom is -0.306 e. The topological polar surface area (TPSA) is 58.5 Å². The quantitative estimate of drug-likeness (QED) is 0.477. The van der Waals surface area contributed by atoms with Crippen LogP contribution in [0.25, 0.3) is 16.9 Å². The molecule has 2 heterocycles. The Morgan fingerprint density at radius 1 is 1.07 bits per heavy atom. The summed E-state index contributed by atoms with van der Waals surface area (Å²) in [6, 6.07) is 9.61. The molecule has 30 heavy (non-hydrogen) atoms. The van der Waals surface area contributed by atoms with E-state index in [2.05, 4.69) is 20.6 Å². The third-order valence-corrected chi connectivity index (χ3v) is 5.08. The van der Waals surface area contributed by atoms with Gasteiger partial charge in [-0.15, -0.1) is 0 Å². The third-order valence-electron chi connectivity index (χ3n) is 5.08. The first-order chi connectivity index (χ1) is 14.4. The van der Waals surface area contributed by atoms with Gasteiger partial charge in [-0.2, -0.15) is 10.2 Å². The predicted molar refractivity (Wildman–Crippen MR) is 107 cm³/mol. The number of halogens is 3. The fourth-order valence-electron chi connectivity index (χ4n) is 3.46. The van der Waals surface area contributed by atoms with E-state index in [-0.39, 0.29) is 17.5 Å². The minimum atomic E-state index is -0.675. The van der Waals surface area contributed by atoms with Crippen molar-refractivity contribution in [2.24, 2.45) is 0 Å². The molecule has 0 radical (unpaired) electrons. The molecule has 0 saturated carbocycles. The first-order valence-electron chi connectivity index (χ1n) is 9.45. The summed E-state index contributed by atoms with van der Waals surface area (Å²) in [4.78, 5) is 0. The third kappa shape index (κ3) is 3.86. The lowest BCUT2D eigenvalue weighted by molar-refractivity contribution is 0.566. The van der Waals surface area contributed by atoms with Gasteiger partial charge in [0.05, 0.1) is 18.1 Å². The summed E-state index contributed by atoms with van der Waals surface area (Å²) >= 11 is 0. The first-order valence-corrected chi connectivity index (χ1v) is 9.45. The van der Waals surface area contributed by atoms with E-state index in [1.807, 2.05) is 19.9 Å². The summed E-state index contributed by atoms with van der Waals surface area (Å²) < 4.78 is 42.4. The fourth-order valence-corrected chi connectivity index (χ4v) is 3.46. The summed E-state index contributed by atoms with van der Waals surface area (Å²) in [6.07, 6.45) is 3.36. The zero-order chi connectivity index (χ0) is 21.3. The van der Waals surface area contributed by atoms with Crippen molar-refractivity contribution in [3.05, 3.63) is 89.1 Å². The molecule has 2 aromatic heterocycles. The van der Waals surface area contributed by atoms with Crippen LogP contribution in [0.5, 0.6) is 0 Å². The highest BCUT2D eigenvalue weighted by Gasteiger charge is 2.17. The maximum absolute atomic E-state index is 14.1. The molecule has 0 aliphatic heterocycles. The van der Waals surface area contributed by atoms with Gasteiger partial charge in [0.15, 0.2) is 5.82 Å². The van der Waals surface area contributed by atoms with Crippen LogP contribution in [0, 0.1) is 24.4 Å². The highest BCUT2D eigenvalue weighted by Crippen LogP contribution is 2.25. The van der Waals surface area contributed by atoms with Crippen LogP contribution in [-0.2, 0) is 6.54 Å². The van der Waals surface area contributed by atoms with Crippen LogP contribution in [0.4, 0.5) is 13.2 Å². The smallest absolute Gasteiger partial charge is 0.151 e. The molecule has 0 fully saturated rings. The Bertz CT molecular complexity index is 1180. The molecular weight excluding hydrogens is 391 g/mol. The van der Waals surface area contributed by atoms with Crippen molar-refractivity contribution >= 4 is 0 Å². The van der Waals surface area contributed by atoms with Gasteiger partial charge < -0.3 is 5.32 Å². The van der Waals surface area contributed by atoms with E-state index in [0.717, 1.165) is 28.6 Å². The molecule has 2 N–H and O–H groups in total. The van der Waals surface area contributed by atoms with Gasteiger partial charge in [0.1, 0.15) is 17.3 Å². The van der Waals surface area contributed by atoms with Gasteiger partial charge in [0, 0.05) is 41.0 Å². The number of hydrogen-bond acceptors (Lipinski definition) is 3. The van der Waals surface area contributed by atoms with E-state index < -0.39 is 11.6 Å². The van der Waals surface area contributed by atoms with Crippen molar-refractivity contribution in [1.29, 1.82) is 0 Å². The second-order valence-electron chi connectivity index (χ2n) is 7.08. The maximum Gasteiger partial charge on any atom is 0.151 e. The van der Waals surface area contributed by atoms with E-state index in [1.54, 1.807) is 18.5 Å². The lowest BCUT2D eigenvalue weighted by Gasteiger charge is -2.14. The Labute approximate surface area is 171 Å². The van der Waals surface area contributed by atoms with Crippen molar-refractivity contribution in [2.45, 2.75) is 26.4 Å². The highest BCUT2D eigenvalue weighted by molar-refractivity contribution is 5.62. The van der Waals surface area contributed by atoms with Crippen LogP contribution >= 0.6 is 0 Å². The van der Waals surface area contributed by atoms with Crippen LogP contribution in [0.15, 0.2) is 54.9 Å². The van der Waals surface area contributed by atoms with Crippen molar-refractivity contribution in [2.75, 3.05) is 0 Å². The standard InChI is InChI=1S/C22H20F3N5/c1-13(19-12-28-30(14(19)2)21-7-6-18(24)9-20(21)25)26-10-16-11-27-29-22(16)15-4-3-5-17(23)8-15/h3-9,11-13,26H,10H2,1-2H3,(H,27,29). The molecule has 0 aliphatic carbocycles. The lowest BCUT2D eigenvalue weighted by Crippen LogP contribution is -2.19. The Morgan fingerprint density at radius 3 is 2.63 bits per heavy atom. The van der Waals surface area contributed by atoms with Crippen molar-refractivity contribution in [3.63, 3.8) is 0 Å². The number of aromatic nitrogens is 4. The zero-order valence-electron chi connectivity index (χ0n) is 16.5. The van der Waals surface area contributed by atoms with Gasteiger partial charge in [-0.25, -0.2) is 17.9 Å². The molecule has 0 aliphatic rings. The summed E-state index contributed by atoms with van der Waals surface area (Å²) in [7, 11) is 0. The Morgan fingerprint density at radius 2 is 1.87 bits per heavy atom. The average molecular weight is 411 g/mol. The van der Waals surface area contributed by atoms with Crippen LogP contribution in [0.3, 0.4) is 0 Å². The number of aromatic amines is 1. The van der Waals surface area contributed by atoms with E-state index in [0.29, 0.717) is 12.1 Å². The second-order valence-corrected chi connectivity index (χ2v) is 7.08. The highest BCUT2D eigenvalue weighted by atomic mass is 19.1. The summed E-state index contributed by atoms with van der Waals surface area (Å²) in [5, 5.41) is 14.7. The van der Waals surface area contributed by atoms with E-state index in [4.69, 9.17) is 0 Å². The molecule has 1 atom stereocenters. The number of H-pyrrole nitrogens is 1. The van der Waals surface area contributed by atoms with Gasteiger partial charge in [0.2, 0.25) is 0 Å². The first kappa shape index (κ1) is 19.9. The van der Waals surface area contributed by atoms with Crippen LogP contribution in [0.2, 0.25) is 0 Å². The summed E-state index contributed by atoms with van der Waals surface area (Å²) in [5.74, 6) is -1.62. The number of nitrogens with zero attached hydrogens (tertiary/aromatic N) is 3. The monoisotopic (exact) mass is 411 g/mol. The van der Waals surface area contributed by atoms with Crippen LogP contribution < -0.4 is 5.32 Å². The summed E-state index contributed by atoms with van der Waals surface area (Å²) in [6.45, 7) is 4.29. The number of nitrogens with one attached hydrogen (secondary N) is 2. The maximum atomic E-state index is 14.1. The van der Waals surface area contributed by atoms with Crippen molar-refractivity contribution < 1.29 is 13.2 Å². The predicted octanol–water partition coefficient (Wildman–Crippen LogP) is 4.84. The molecule has 0 amide bonds. The molecule has 1 unspecified atom stereocenters. The van der Waals surface area contributed by atoms with E-state index >= 15 is 0 Å². The Balaban J connectivity index is 1.52. The normalized spacial score (nSPS) is 12.3. The molecule has 0 spiro atoms. The van der Waals surface area contributed by atoms with E-state index in [1.165, 1.54) is 28.9 Å². The molecule has 5 nitrogen and oxygen atoms in total.